The average Bonchev–Trinajstić information content (AvgIpc) is 2.33. The minimum absolute atomic E-state index is 0.0247. The van der Waals surface area contributed by atoms with Crippen LogP contribution in [0.5, 0.6) is 11.5 Å². The third-order valence-corrected chi connectivity index (χ3v) is 2.95. The second-order valence-corrected chi connectivity index (χ2v) is 4.23. The van der Waals surface area contributed by atoms with Gasteiger partial charge in [-0.3, -0.25) is 4.98 Å². The number of carbonyl (C=O) groups excluding carboxylic acids is 1. The highest BCUT2D eigenvalue weighted by atomic mass is 16.5. The van der Waals surface area contributed by atoms with Crippen molar-refractivity contribution in [3.05, 3.63) is 29.1 Å². The Morgan fingerprint density at radius 1 is 1.16 bits per heavy atom. The number of ether oxygens (including phenoxy) is 1. The highest BCUT2D eigenvalue weighted by Gasteiger charge is 2.21. The standard InChI is InChI=1S/C14H15NO4/c1-4-19-14(18)12-8(3)15-7(2)11-9(16)5-6-10(17)13(11)12/h5-6,16-17H,4H2,1-3H3. The van der Waals surface area contributed by atoms with E-state index in [9.17, 15) is 15.0 Å². The van der Waals surface area contributed by atoms with Crippen LogP contribution in [0, 0.1) is 13.8 Å². The van der Waals surface area contributed by atoms with Crippen LogP contribution in [0.3, 0.4) is 0 Å². The van der Waals surface area contributed by atoms with E-state index in [4.69, 9.17) is 4.74 Å². The van der Waals surface area contributed by atoms with Gasteiger partial charge in [-0.15, -0.1) is 0 Å². The molecular formula is C14H15NO4. The Balaban J connectivity index is 2.90. The van der Waals surface area contributed by atoms with E-state index in [1.54, 1.807) is 20.8 Å². The normalized spacial score (nSPS) is 10.7. The van der Waals surface area contributed by atoms with E-state index in [1.807, 2.05) is 0 Å². The lowest BCUT2D eigenvalue weighted by Gasteiger charge is -2.13. The number of benzene rings is 1. The van der Waals surface area contributed by atoms with Crippen molar-refractivity contribution in [2.24, 2.45) is 0 Å². The molecule has 0 spiro atoms. The van der Waals surface area contributed by atoms with Crippen molar-refractivity contribution >= 4 is 16.7 Å². The Morgan fingerprint density at radius 3 is 2.32 bits per heavy atom. The van der Waals surface area contributed by atoms with E-state index in [0.29, 0.717) is 16.8 Å². The van der Waals surface area contributed by atoms with Gasteiger partial charge in [0.1, 0.15) is 11.5 Å². The molecule has 0 fully saturated rings. The number of aryl methyl sites for hydroxylation is 2. The number of pyridine rings is 1. The molecule has 2 aromatic rings. The fourth-order valence-electron chi connectivity index (χ4n) is 2.20. The van der Waals surface area contributed by atoms with Crippen LogP contribution in [0.1, 0.15) is 28.7 Å². The van der Waals surface area contributed by atoms with Crippen LogP contribution < -0.4 is 0 Å². The minimum Gasteiger partial charge on any atom is -0.507 e. The zero-order valence-corrected chi connectivity index (χ0v) is 11.0. The number of phenolic OH excluding ortho intramolecular Hbond substituents is 2. The number of rotatable bonds is 2. The SMILES string of the molecule is CCOC(=O)c1c(C)nc(C)c2c(O)ccc(O)c12. The maximum atomic E-state index is 12.0. The lowest BCUT2D eigenvalue weighted by atomic mass is 10.0. The van der Waals surface area contributed by atoms with Gasteiger partial charge in [0, 0.05) is 16.5 Å². The minimum atomic E-state index is -0.557. The summed E-state index contributed by atoms with van der Waals surface area (Å²) < 4.78 is 4.98. The largest absolute Gasteiger partial charge is 0.507 e. The number of carbonyl (C=O) groups is 1. The lowest BCUT2D eigenvalue weighted by molar-refractivity contribution is 0.0527. The first-order valence-electron chi connectivity index (χ1n) is 5.96. The molecule has 0 amide bonds. The summed E-state index contributed by atoms with van der Waals surface area (Å²) in [5.41, 5.74) is 1.20. The van der Waals surface area contributed by atoms with E-state index in [-0.39, 0.29) is 29.1 Å². The summed E-state index contributed by atoms with van der Waals surface area (Å²) >= 11 is 0. The molecule has 0 aliphatic carbocycles. The van der Waals surface area contributed by atoms with Crippen LogP contribution in [0.2, 0.25) is 0 Å². The monoisotopic (exact) mass is 261 g/mol. The van der Waals surface area contributed by atoms with Gasteiger partial charge in [-0.05, 0) is 32.9 Å². The van der Waals surface area contributed by atoms with Crippen molar-refractivity contribution in [2.75, 3.05) is 6.61 Å². The number of hydrogen-bond donors (Lipinski definition) is 2. The second kappa shape index (κ2) is 4.76. The number of phenols is 2. The zero-order chi connectivity index (χ0) is 14.2. The van der Waals surface area contributed by atoms with Crippen LogP contribution in [0.15, 0.2) is 12.1 Å². The van der Waals surface area contributed by atoms with Crippen molar-refractivity contribution in [3.63, 3.8) is 0 Å². The Bertz CT molecular complexity index is 664. The fourth-order valence-corrected chi connectivity index (χ4v) is 2.20. The van der Waals surface area contributed by atoms with Crippen molar-refractivity contribution < 1.29 is 19.7 Å². The van der Waals surface area contributed by atoms with Crippen LogP contribution in [0.25, 0.3) is 10.8 Å². The van der Waals surface area contributed by atoms with Crippen molar-refractivity contribution in [1.82, 2.24) is 4.98 Å². The van der Waals surface area contributed by atoms with Gasteiger partial charge in [-0.2, -0.15) is 0 Å². The maximum absolute atomic E-state index is 12.0. The summed E-state index contributed by atoms with van der Waals surface area (Å²) in [6.45, 7) is 5.31. The van der Waals surface area contributed by atoms with Gasteiger partial charge in [0.25, 0.3) is 0 Å². The average molecular weight is 261 g/mol. The molecule has 0 bridgehead atoms. The van der Waals surface area contributed by atoms with Crippen LogP contribution in [0.4, 0.5) is 0 Å². The molecule has 1 aromatic carbocycles. The molecule has 0 radical (unpaired) electrons. The number of hydrogen-bond acceptors (Lipinski definition) is 5. The molecule has 0 saturated heterocycles. The molecular weight excluding hydrogens is 246 g/mol. The number of esters is 1. The Morgan fingerprint density at radius 2 is 1.74 bits per heavy atom. The molecule has 100 valence electrons. The maximum Gasteiger partial charge on any atom is 0.340 e. The van der Waals surface area contributed by atoms with Crippen LogP contribution in [-0.4, -0.2) is 27.8 Å². The topological polar surface area (TPSA) is 79.7 Å². The molecule has 1 aromatic heterocycles. The molecule has 19 heavy (non-hydrogen) atoms. The van der Waals surface area contributed by atoms with Gasteiger partial charge in [-0.25, -0.2) is 4.79 Å². The van der Waals surface area contributed by atoms with E-state index < -0.39 is 5.97 Å². The fraction of sp³-hybridized carbons (Fsp3) is 0.286. The quantitative estimate of drug-likeness (QED) is 0.641. The van der Waals surface area contributed by atoms with Gasteiger partial charge in [-0.1, -0.05) is 0 Å². The number of aromatic hydroxyl groups is 2. The van der Waals surface area contributed by atoms with E-state index >= 15 is 0 Å². The number of aromatic nitrogens is 1. The van der Waals surface area contributed by atoms with Crippen LogP contribution in [-0.2, 0) is 4.74 Å². The van der Waals surface area contributed by atoms with Gasteiger partial charge in [0.2, 0.25) is 0 Å². The predicted octanol–water partition coefficient (Wildman–Crippen LogP) is 2.44. The first kappa shape index (κ1) is 13.1. The zero-order valence-electron chi connectivity index (χ0n) is 11.0. The lowest BCUT2D eigenvalue weighted by Crippen LogP contribution is -2.10. The molecule has 0 aliphatic heterocycles. The van der Waals surface area contributed by atoms with Gasteiger partial charge in [0.15, 0.2) is 0 Å². The van der Waals surface area contributed by atoms with Gasteiger partial charge in [0.05, 0.1) is 17.9 Å². The molecule has 0 aliphatic rings. The van der Waals surface area contributed by atoms with Crippen molar-refractivity contribution in [2.45, 2.75) is 20.8 Å². The first-order chi connectivity index (χ1) is 8.97. The molecule has 0 saturated carbocycles. The number of nitrogens with zero attached hydrogens (tertiary/aromatic N) is 1. The molecule has 0 unspecified atom stereocenters. The summed E-state index contributed by atoms with van der Waals surface area (Å²) in [5, 5.41) is 20.5. The molecule has 2 rings (SSSR count). The summed E-state index contributed by atoms with van der Waals surface area (Å²) in [7, 11) is 0. The Hall–Kier alpha value is -2.30. The predicted molar refractivity (Wildman–Crippen MR) is 70.5 cm³/mol. The third kappa shape index (κ3) is 2.07. The van der Waals surface area contributed by atoms with Crippen molar-refractivity contribution in [1.29, 1.82) is 0 Å². The highest BCUT2D eigenvalue weighted by Crippen LogP contribution is 2.37. The van der Waals surface area contributed by atoms with Crippen molar-refractivity contribution in [3.8, 4) is 11.5 Å². The van der Waals surface area contributed by atoms with E-state index in [2.05, 4.69) is 4.98 Å². The molecule has 5 nitrogen and oxygen atoms in total. The van der Waals surface area contributed by atoms with E-state index in [1.165, 1.54) is 12.1 Å². The summed E-state index contributed by atoms with van der Waals surface area (Å²) in [6.07, 6.45) is 0. The summed E-state index contributed by atoms with van der Waals surface area (Å²) in [6, 6.07) is 2.72. The Labute approximate surface area is 110 Å². The second-order valence-electron chi connectivity index (χ2n) is 4.23. The smallest absolute Gasteiger partial charge is 0.340 e. The van der Waals surface area contributed by atoms with Gasteiger partial charge < -0.3 is 14.9 Å². The van der Waals surface area contributed by atoms with Gasteiger partial charge >= 0.3 is 5.97 Å². The Kier molecular flexibility index (Phi) is 3.29. The molecule has 0 atom stereocenters. The third-order valence-electron chi connectivity index (χ3n) is 2.95. The molecule has 2 N–H and O–H groups in total. The summed E-state index contributed by atoms with van der Waals surface area (Å²) in [5.74, 6) is -0.661. The molecule has 5 heteroatoms. The van der Waals surface area contributed by atoms with E-state index in [0.717, 1.165) is 0 Å². The summed E-state index contributed by atoms with van der Waals surface area (Å²) in [4.78, 5) is 16.2. The van der Waals surface area contributed by atoms with Crippen LogP contribution >= 0.6 is 0 Å². The molecule has 1 heterocycles. The first-order valence-corrected chi connectivity index (χ1v) is 5.96. The number of fused-ring (bicyclic) bond motifs is 1. The highest BCUT2D eigenvalue weighted by molar-refractivity contribution is 6.10.